The average Bonchev–Trinajstić information content (AvgIpc) is 2.90. The van der Waals surface area contributed by atoms with Crippen molar-refractivity contribution in [3.8, 4) is 0 Å². The molecule has 2 unspecified atom stereocenters. The molecule has 0 spiro atoms. The summed E-state index contributed by atoms with van der Waals surface area (Å²) in [5.74, 6) is 1.98. The topological polar surface area (TPSA) is 54.2 Å². The highest BCUT2D eigenvalue weighted by molar-refractivity contribution is 5.27. The van der Waals surface area contributed by atoms with Crippen molar-refractivity contribution in [1.29, 1.82) is 0 Å². The monoisotopic (exact) mass is 252 g/mol. The standard InChI is InChI=1S/C13H24N4O/c1-4-17(5-2)13-15-12(18-16-13)10-7-6-8-11(9-10)14-3/h10-11,14H,4-9H2,1-3H3. The summed E-state index contributed by atoms with van der Waals surface area (Å²) in [6.45, 7) is 6.05. The maximum absolute atomic E-state index is 5.45. The molecule has 0 bridgehead atoms. The van der Waals surface area contributed by atoms with Crippen molar-refractivity contribution in [3.05, 3.63) is 5.89 Å². The van der Waals surface area contributed by atoms with Gasteiger partial charge in [-0.05, 0) is 45.3 Å². The number of nitrogens with zero attached hydrogens (tertiary/aromatic N) is 3. The van der Waals surface area contributed by atoms with E-state index < -0.39 is 0 Å². The molecule has 1 saturated carbocycles. The summed E-state index contributed by atoms with van der Waals surface area (Å²) in [6, 6.07) is 0.590. The lowest BCUT2D eigenvalue weighted by molar-refractivity contribution is 0.284. The first-order valence-electron chi connectivity index (χ1n) is 7.04. The van der Waals surface area contributed by atoms with E-state index in [0.717, 1.165) is 37.8 Å². The van der Waals surface area contributed by atoms with Gasteiger partial charge in [0.2, 0.25) is 5.89 Å². The third-order valence-corrected chi connectivity index (χ3v) is 3.91. The smallest absolute Gasteiger partial charge is 0.266 e. The zero-order valence-electron chi connectivity index (χ0n) is 11.6. The maximum Gasteiger partial charge on any atom is 0.266 e. The van der Waals surface area contributed by atoms with E-state index in [9.17, 15) is 0 Å². The molecule has 1 aliphatic carbocycles. The quantitative estimate of drug-likeness (QED) is 0.870. The second-order valence-corrected chi connectivity index (χ2v) is 4.95. The van der Waals surface area contributed by atoms with Crippen LogP contribution in [0.5, 0.6) is 0 Å². The van der Waals surface area contributed by atoms with Crippen molar-refractivity contribution in [3.63, 3.8) is 0 Å². The molecule has 1 aromatic rings. The highest BCUT2D eigenvalue weighted by atomic mass is 16.5. The van der Waals surface area contributed by atoms with Gasteiger partial charge in [-0.2, -0.15) is 4.98 Å². The molecule has 0 radical (unpaired) electrons. The van der Waals surface area contributed by atoms with Crippen molar-refractivity contribution in [2.45, 2.75) is 51.5 Å². The molecule has 5 nitrogen and oxygen atoms in total. The van der Waals surface area contributed by atoms with Gasteiger partial charge < -0.3 is 14.7 Å². The van der Waals surface area contributed by atoms with Crippen molar-refractivity contribution >= 4 is 5.95 Å². The van der Waals surface area contributed by atoms with E-state index in [2.05, 4.69) is 34.2 Å². The number of nitrogens with one attached hydrogen (secondary N) is 1. The molecule has 0 aromatic carbocycles. The van der Waals surface area contributed by atoms with Crippen molar-refractivity contribution in [2.75, 3.05) is 25.0 Å². The Kier molecular flexibility index (Phi) is 4.58. The Balaban J connectivity index is 2.05. The van der Waals surface area contributed by atoms with Crippen LogP contribution in [0.25, 0.3) is 0 Å². The normalized spacial score (nSPS) is 24.2. The van der Waals surface area contributed by atoms with Crippen LogP contribution in [-0.4, -0.2) is 36.3 Å². The fourth-order valence-electron chi connectivity index (χ4n) is 2.70. The summed E-state index contributed by atoms with van der Waals surface area (Å²) in [7, 11) is 2.03. The highest BCUT2D eigenvalue weighted by Gasteiger charge is 2.27. The van der Waals surface area contributed by atoms with Crippen LogP contribution in [-0.2, 0) is 0 Å². The van der Waals surface area contributed by atoms with Crippen LogP contribution in [0.3, 0.4) is 0 Å². The van der Waals surface area contributed by atoms with E-state index >= 15 is 0 Å². The summed E-state index contributed by atoms with van der Waals surface area (Å²) in [4.78, 5) is 6.68. The highest BCUT2D eigenvalue weighted by Crippen LogP contribution is 2.32. The zero-order chi connectivity index (χ0) is 13.0. The molecule has 1 fully saturated rings. The van der Waals surface area contributed by atoms with E-state index in [1.54, 1.807) is 0 Å². The molecule has 2 rings (SSSR count). The van der Waals surface area contributed by atoms with Crippen LogP contribution < -0.4 is 10.2 Å². The minimum Gasteiger partial charge on any atom is -0.339 e. The molecule has 0 amide bonds. The number of anilines is 1. The molecule has 1 aliphatic rings. The van der Waals surface area contributed by atoms with E-state index in [4.69, 9.17) is 4.52 Å². The zero-order valence-corrected chi connectivity index (χ0v) is 11.6. The minimum absolute atomic E-state index is 0.424. The summed E-state index contributed by atoms with van der Waals surface area (Å²) in [5, 5.41) is 7.46. The molecule has 1 aromatic heterocycles. The summed E-state index contributed by atoms with van der Waals surface area (Å²) >= 11 is 0. The van der Waals surface area contributed by atoms with E-state index in [1.165, 1.54) is 12.8 Å². The number of hydrogen-bond donors (Lipinski definition) is 1. The average molecular weight is 252 g/mol. The minimum atomic E-state index is 0.424. The fourth-order valence-corrected chi connectivity index (χ4v) is 2.70. The predicted octanol–water partition coefficient (Wildman–Crippen LogP) is 2.16. The van der Waals surface area contributed by atoms with Crippen molar-refractivity contribution in [1.82, 2.24) is 15.5 Å². The molecule has 102 valence electrons. The fraction of sp³-hybridized carbons (Fsp3) is 0.846. The maximum atomic E-state index is 5.45. The van der Waals surface area contributed by atoms with Gasteiger partial charge in [0.15, 0.2) is 0 Å². The van der Waals surface area contributed by atoms with Gasteiger partial charge in [0.25, 0.3) is 5.95 Å². The van der Waals surface area contributed by atoms with E-state index in [0.29, 0.717) is 12.0 Å². The Morgan fingerprint density at radius 1 is 1.33 bits per heavy atom. The molecule has 0 aliphatic heterocycles. The number of aromatic nitrogens is 2. The van der Waals surface area contributed by atoms with Gasteiger partial charge in [-0.15, -0.1) is 0 Å². The third-order valence-electron chi connectivity index (χ3n) is 3.91. The van der Waals surface area contributed by atoms with Gasteiger partial charge in [-0.3, -0.25) is 0 Å². The van der Waals surface area contributed by atoms with Crippen molar-refractivity contribution in [2.24, 2.45) is 0 Å². The predicted molar refractivity (Wildman–Crippen MR) is 71.9 cm³/mol. The summed E-state index contributed by atoms with van der Waals surface area (Å²) in [5.41, 5.74) is 0. The van der Waals surface area contributed by atoms with Gasteiger partial charge in [-0.25, -0.2) is 0 Å². The molecule has 1 N–H and O–H groups in total. The Bertz CT molecular complexity index is 362. The molecule has 18 heavy (non-hydrogen) atoms. The molecule has 5 heteroatoms. The van der Waals surface area contributed by atoms with Crippen LogP contribution >= 0.6 is 0 Å². The van der Waals surface area contributed by atoms with Crippen LogP contribution in [0.2, 0.25) is 0 Å². The molecule has 2 atom stereocenters. The Morgan fingerprint density at radius 3 is 2.78 bits per heavy atom. The lowest BCUT2D eigenvalue weighted by Gasteiger charge is -2.26. The lowest BCUT2D eigenvalue weighted by atomic mass is 9.86. The van der Waals surface area contributed by atoms with Crippen molar-refractivity contribution < 1.29 is 4.52 Å². The Labute approximate surface area is 109 Å². The van der Waals surface area contributed by atoms with Crippen LogP contribution in [0, 0.1) is 0 Å². The molecular formula is C13H24N4O. The number of hydrogen-bond acceptors (Lipinski definition) is 5. The molecule has 0 saturated heterocycles. The first-order valence-corrected chi connectivity index (χ1v) is 7.04. The van der Waals surface area contributed by atoms with Crippen LogP contribution in [0.1, 0.15) is 51.3 Å². The molecular weight excluding hydrogens is 228 g/mol. The summed E-state index contributed by atoms with van der Waals surface area (Å²) < 4.78 is 5.45. The van der Waals surface area contributed by atoms with Crippen LogP contribution in [0.4, 0.5) is 5.95 Å². The first-order chi connectivity index (χ1) is 8.78. The summed E-state index contributed by atoms with van der Waals surface area (Å²) in [6.07, 6.45) is 4.76. The first kappa shape index (κ1) is 13.3. The van der Waals surface area contributed by atoms with Gasteiger partial charge in [0.1, 0.15) is 0 Å². The lowest BCUT2D eigenvalue weighted by Crippen LogP contribution is -2.30. The Hall–Kier alpha value is -1.10. The van der Waals surface area contributed by atoms with Gasteiger partial charge in [0, 0.05) is 25.0 Å². The second-order valence-electron chi connectivity index (χ2n) is 4.95. The van der Waals surface area contributed by atoms with Crippen LogP contribution in [0.15, 0.2) is 4.52 Å². The van der Waals surface area contributed by atoms with E-state index in [1.807, 2.05) is 7.05 Å². The largest absolute Gasteiger partial charge is 0.339 e. The van der Waals surface area contributed by atoms with Gasteiger partial charge >= 0.3 is 0 Å². The van der Waals surface area contributed by atoms with E-state index in [-0.39, 0.29) is 0 Å². The molecule has 1 heterocycles. The second kappa shape index (κ2) is 6.18. The Morgan fingerprint density at radius 2 is 2.11 bits per heavy atom. The SMILES string of the molecule is CCN(CC)c1noc(C2CCCC(NC)C2)n1. The van der Waals surface area contributed by atoms with Gasteiger partial charge in [-0.1, -0.05) is 6.42 Å². The van der Waals surface area contributed by atoms with Gasteiger partial charge in [0.05, 0.1) is 0 Å². The third kappa shape index (κ3) is 2.83. The number of rotatable bonds is 5.